The zero-order valence-electron chi connectivity index (χ0n) is 18.5. The second-order valence-electron chi connectivity index (χ2n) is 8.20. The second kappa shape index (κ2) is 10.8. The highest BCUT2D eigenvalue weighted by Gasteiger charge is 2.38. The first-order chi connectivity index (χ1) is 16.2. The molecule has 0 spiro atoms. The highest BCUT2D eigenvalue weighted by Crippen LogP contribution is 2.22. The number of likely N-dealkylation sites (tertiary alicyclic amines) is 1. The molecule has 1 saturated heterocycles. The van der Waals surface area contributed by atoms with Crippen molar-refractivity contribution in [1.29, 1.82) is 0 Å². The number of para-hydroxylation sites is 1. The number of aromatic amines is 1. The Morgan fingerprint density at radius 3 is 2.65 bits per heavy atom. The Hall–Kier alpha value is -3.93. The molecule has 1 aliphatic rings. The van der Waals surface area contributed by atoms with Gasteiger partial charge in [-0.25, -0.2) is 0 Å². The molecule has 1 aromatic heterocycles. The van der Waals surface area contributed by atoms with Crippen molar-refractivity contribution in [3.05, 3.63) is 36.0 Å². The molecule has 2 heterocycles. The van der Waals surface area contributed by atoms with Crippen LogP contribution in [0.5, 0.6) is 0 Å². The molecule has 1 aliphatic heterocycles. The molecule has 3 rings (SSSR count). The van der Waals surface area contributed by atoms with Crippen molar-refractivity contribution in [1.82, 2.24) is 20.5 Å². The van der Waals surface area contributed by atoms with E-state index in [9.17, 15) is 24.0 Å². The van der Waals surface area contributed by atoms with Crippen molar-refractivity contribution in [2.24, 2.45) is 11.5 Å². The normalized spacial score (nSPS) is 17.2. The summed E-state index contributed by atoms with van der Waals surface area (Å²) >= 11 is 0. The fourth-order valence-electron chi connectivity index (χ4n) is 4.11. The van der Waals surface area contributed by atoms with Crippen LogP contribution in [0.15, 0.2) is 30.5 Å². The molecule has 0 bridgehead atoms. The third-order valence-electron chi connectivity index (χ3n) is 5.72. The Labute approximate surface area is 195 Å². The van der Waals surface area contributed by atoms with Crippen LogP contribution in [0.25, 0.3) is 10.9 Å². The average molecular weight is 473 g/mol. The maximum atomic E-state index is 13.1. The van der Waals surface area contributed by atoms with Crippen LogP contribution in [0.3, 0.4) is 0 Å². The summed E-state index contributed by atoms with van der Waals surface area (Å²) in [6, 6.07) is 4.53. The van der Waals surface area contributed by atoms with Gasteiger partial charge < -0.3 is 37.1 Å². The minimum Gasteiger partial charge on any atom is -0.480 e. The van der Waals surface area contributed by atoms with Gasteiger partial charge in [0.1, 0.15) is 18.6 Å². The van der Waals surface area contributed by atoms with Crippen LogP contribution < -0.4 is 22.1 Å². The number of primary amides is 1. The number of hydrogen-bond acceptors (Lipinski definition) is 6. The number of rotatable bonds is 10. The summed E-state index contributed by atoms with van der Waals surface area (Å²) in [6.45, 7) is -0.356. The molecule has 1 aromatic carbocycles. The first kappa shape index (κ1) is 24.7. The number of nitrogens with zero attached hydrogens (tertiary/aromatic N) is 1. The number of carboxylic acids is 1. The van der Waals surface area contributed by atoms with Gasteiger partial charge in [-0.1, -0.05) is 18.2 Å². The van der Waals surface area contributed by atoms with Crippen LogP contribution in [-0.4, -0.2) is 75.8 Å². The van der Waals surface area contributed by atoms with Crippen molar-refractivity contribution in [3.63, 3.8) is 0 Å². The average Bonchev–Trinajstić information content (AvgIpc) is 3.44. The highest BCUT2D eigenvalue weighted by molar-refractivity contribution is 5.96. The van der Waals surface area contributed by atoms with Crippen LogP contribution >= 0.6 is 0 Å². The topological polar surface area (TPSA) is 201 Å². The predicted molar refractivity (Wildman–Crippen MR) is 121 cm³/mol. The van der Waals surface area contributed by atoms with E-state index in [1.54, 1.807) is 6.20 Å². The molecular weight excluding hydrogens is 444 g/mol. The summed E-state index contributed by atoms with van der Waals surface area (Å²) < 4.78 is 0. The zero-order valence-corrected chi connectivity index (χ0v) is 18.5. The van der Waals surface area contributed by atoms with E-state index in [0.29, 0.717) is 19.4 Å². The van der Waals surface area contributed by atoms with Crippen molar-refractivity contribution in [2.45, 2.75) is 43.8 Å². The summed E-state index contributed by atoms with van der Waals surface area (Å²) in [5, 5.41) is 14.2. The number of benzene rings is 1. The summed E-state index contributed by atoms with van der Waals surface area (Å²) in [5.74, 6) is -4.03. The first-order valence-electron chi connectivity index (χ1n) is 10.9. The molecule has 8 N–H and O–H groups in total. The smallest absolute Gasteiger partial charge is 0.322 e. The molecule has 0 radical (unpaired) electrons. The Balaban J connectivity index is 1.66. The van der Waals surface area contributed by atoms with Crippen molar-refractivity contribution in [3.8, 4) is 0 Å². The van der Waals surface area contributed by atoms with E-state index in [-0.39, 0.29) is 6.42 Å². The molecule has 0 aliphatic carbocycles. The largest absolute Gasteiger partial charge is 0.480 e. The van der Waals surface area contributed by atoms with Crippen LogP contribution in [0, 0.1) is 0 Å². The number of amides is 4. The van der Waals surface area contributed by atoms with Crippen molar-refractivity contribution >= 4 is 40.5 Å². The van der Waals surface area contributed by atoms with E-state index >= 15 is 0 Å². The van der Waals surface area contributed by atoms with E-state index in [2.05, 4.69) is 15.6 Å². The summed E-state index contributed by atoms with van der Waals surface area (Å²) in [7, 11) is 0. The van der Waals surface area contributed by atoms with E-state index in [4.69, 9.17) is 16.6 Å². The summed E-state index contributed by atoms with van der Waals surface area (Å²) in [4.78, 5) is 64.8. The quantitative estimate of drug-likeness (QED) is 0.244. The van der Waals surface area contributed by atoms with E-state index in [0.717, 1.165) is 16.5 Å². The number of hydrogen-bond donors (Lipinski definition) is 6. The van der Waals surface area contributed by atoms with Gasteiger partial charge in [0.2, 0.25) is 23.6 Å². The third-order valence-corrected chi connectivity index (χ3v) is 5.72. The van der Waals surface area contributed by atoms with Gasteiger partial charge in [0.25, 0.3) is 0 Å². The van der Waals surface area contributed by atoms with E-state index in [1.165, 1.54) is 4.90 Å². The Morgan fingerprint density at radius 2 is 1.94 bits per heavy atom. The van der Waals surface area contributed by atoms with Gasteiger partial charge in [-0.2, -0.15) is 0 Å². The fraction of sp³-hybridized carbons (Fsp3) is 0.409. The summed E-state index contributed by atoms with van der Waals surface area (Å²) in [6.07, 6.45) is 2.48. The summed E-state index contributed by atoms with van der Waals surface area (Å²) in [5.41, 5.74) is 13.2. The Bertz CT molecular complexity index is 1100. The lowest BCUT2D eigenvalue weighted by molar-refractivity contribution is -0.141. The van der Waals surface area contributed by atoms with Gasteiger partial charge in [0.15, 0.2) is 0 Å². The molecular formula is C22H28N6O6. The lowest BCUT2D eigenvalue weighted by Crippen LogP contribution is -2.56. The molecule has 12 heteroatoms. The molecule has 4 amide bonds. The van der Waals surface area contributed by atoms with Crippen LogP contribution in [-0.2, 0) is 30.4 Å². The zero-order chi connectivity index (χ0) is 24.8. The SMILES string of the molecule is NC(=O)CC(NC(=O)C1CCCN1C(=O)C(N)Cc1c[nH]c2ccccc12)C(=O)NCC(=O)O. The van der Waals surface area contributed by atoms with Gasteiger partial charge in [-0.05, 0) is 30.9 Å². The predicted octanol–water partition coefficient (Wildman–Crippen LogP) is -1.41. The van der Waals surface area contributed by atoms with Crippen molar-refractivity contribution in [2.75, 3.05) is 13.1 Å². The minimum absolute atomic E-state index is 0.273. The lowest BCUT2D eigenvalue weighted by atomic mass is 10.0. The van der Waals surface area contributed by atoms with Gasteiger partial charge in [0.05, 0.1) is 12.5 Å². The number of nitrogens with two attached hydrogens (primary N) is 2. The number of aliphatic carboxylic acids is 1. The first-order valence-corrected chi connectivity index (χ1v) is 10.9. The molecule has 2 aromatic rings. The Morgan fingerprint density at radius 1 is 1.21 bits per heavy atom. The molecule has 182 valence electrons. The molecule has 0 saturated carbocycles. The van der Waals surface area contributed by atoms with Gasteiger partial charge in [-0.3, -0.25) is 24.0 Å². The van der Waals surface area contributed by atoms with Crippen molar-refractivity contribution < 1.29 is 29.1 Å². The number of fused-ring (bicyclic) bond motifs is 1. The molecule has 3 unspecified atom stereocenters. The number of H-pyrrole nitrogens is 1. The van der Waals surface area contributed by atoms with E-state index < -0.39 is 60.7 Å². The third kappa shape index (κ3) is 5.90. The lowest BCUT2D eigenvalue weighted by Gasteiger charge is -2.28. The van der Waals surface area contributed by atoms with Gasteiger partial charge in [0, 0.05) is 23.6 Å². The maximum Gasteiger partial charge on any atom is 0.322 e. The number of nitrogens with one attached hydrogen (secondary N) is 3. The van der Waals surface area contributed by atoms with E-state index in [1.807, 2.05) is 24.3 Å². The van der Waals surface area contributed by atoms with Crippen LogP contribution in [0.1, 0.15) is 24.8 Å². The second-order valence-corrected chi connectivity index (χ2v) is 8.20. The fourth-order valence-corrected chi connectivity index (χ4v) is 4.11. The van der Waals surface area contributed by atoms with Gasteiger partial charge in [-0.15, -0.1) is 0 Å². The minimum atomic E-state index is -1.36. The number of aromatic nitrogens is 1. The number of carbonyl (C=O) groups excluding carboxylic acids is 4. The highest BCUT2D eigenvalue weighted by atomic mass is 16.4. The maximum absolute atomic E-state index is 13.1. The van der Waals surface area contributed by atoms with Crippen LogP contribution in [0.2, 0.25) is 0 Å². The molecule has 12 nitrogen and oxygen atoms in total. The van der Waals surface area contributed by atoms with Gasteiger partial charge >= 0.3 is 5.97 Å². The standard InChI is InChI=1S/C22H28N6O6/c23-14(8-12-10-25-15-5-2-1-4-13(12)15)22(34)28-7-3-6-17(28)21(33)27-16(9-18(24)29)20(32)26-11-19(30)31/h1-2,4-5,10,14,16-17,25H,3,6-9,11,23H2,(H2,24,29)(H,26,32)(H,27,33)(H,30,31). The molecule has 34 heavy (non-hydrogen) atoms. The molecule has 3 atom stereocenters. The molecule has 1 fully saturated rings. The Kier molecular flexibility index (Phi) is 7.84. The monoisotopic (exact) mass is 472 g/mol. The number of carboxylic acid groups (broad SMARTS) is 1. The number of carbonyl (C=O) groups is 5. The van der Waals surface area contributed by atoms with Crippen LogP contribution in [0.4, 0.5) is 0 Å².